The van der Waals surface area contributed by atoms with Gasteiger partial charge in [0.05, 0.1) is 0 Å². The fraction of sp³-hybridized carbons (Fsp3) is 0.533. The smallest absolute Gasteiger partial charge is 0.290 e. The van der Waals surface area contributed by atoms with Gasteiger partial charge in [0.25, 0.3) is 6.47 Å². The molecule has 1 N–H and O–H groups in total. The summed E-state index contributed by atoms with van der Waals surface area (Å²) in [6.45, 7) is 9.72. The van der Waals surface area contributed by atoms with Crippen LogP contribution in [0.4, 0.5) is 0 Å². The number of hydrogen-bond acceptors (Lipinski definition) is 3. The van der Waals surface area contributed by atoms with Gasteiger partial charge in [-0.1, -0.05) is 19.9 Å². The molecule has 0 aromatic carbocycles. The number of carboxylic acid groups (broad SMARTS) is 1. The van der Waals surface area contributed by atoms with E-state index in [0.29, 0.717) is 0 Å². The van der Waals surface area contributed by atoms with E-state index in [2.05, 4.69) is 11.1 Å². The lowest BCUT2D eigenvalue weighted by molar-refractivity contribution is -0.123. The van der Waals surface area contributed by atoms with Gasteiger partial charge in [0, 0.05) is 25.0 Å². The van der Waals surface area contributed by atoms with E-state index in [1.54, 1.807) is 4.90 Å². The molecule has 1 aromatic rings. The van der Waals surface area contributed by atoms with E-state index in [0.717, 1.165) is 25.2 Å². The molecule has 0 aliphatic carbocycles. The van der Waals surface area contributed by atoms with Crippen LogP contribution in [0.2, 0.25) is 0 Å². The van der Waals surface area contributed by atoms with Crippen LogP contribution in [0.1, 0.15) is 37.9 Å². The number of hydrogen-bond donors (Lipinski definition) is 1. The van der Waals surface area contributed by atoms with Gasteiger partial charge in [0.15, 0.2) is 0 Å². The van der Waals surface area contributed by atoms with Gasteiger partial charge in [0.2, 0.25) is 6.41 Å². The maximum atomic E-state index is 9.93. The number of aryl methyl sites for hydroxylation is 2. The third-order valence-corrected chi connectivity index (χ3v) is 2.35. The van der Waals surface area contributed by atoms with E-state index in [1.165, 1.54) is 18.4 Å². The number of rotatable bonds is 1. The van der Waals surface area contributed by atoms with E-state index in [-0.39, 0.29) is 6.47 Å². The van der Waals surface area contributed by atoms with Crippen molar-refractivity contribution in [1.82, 2.24) is 9.88 Å². The third kappa shape index (κ3) is 12.5. The molecular formula is C15H26N2O3. The predicted molar refractivity (Wildman–Crippen MR) is 80.6 cm³/mol. The minimum absolute atomic E-state index is 0.250. The molecule has 1 aliphatic heterocycles. The summed E-state index contributed by atoms with van der Waals surface area (Å²) in [5.41, 5.74) is 2.30. The van der Waals surface area contributed by atoms with Crippen LogP contribution in [-0.4, -0.2) is 41.0 Å². The van der Waals surface area contributed by atoms with Crippen molar-refractivity contribution in [2.45, 2.75) is 40.5 Å². The lowest BCUT2D eigenvalue weighted by Crippen LogP contribution is -2.15. The zero-order chi connectivity index (χ0) is 15.8. The summed E-state index contributed by atoms with van der Waals surface area (Å²) < 4.78 is 0. The molecule has 0 spiro atoms. The second-order valence-corrected chi connectivity index (χ2v) is 3.93. The van der Waals surface area contributed by atoms with Crippen molar-refractivity contribution in [1.29, 1.82) is 0 Å². The topological polar surface area (TPSA) is 70.5 Å². The van der Waals surface area contributed by atoms with Gasteiger partial charge in [-0.15, -0.1) is 0 Å². The number of aromatic nitrogens is 1. The van der Waals surface area contributed by atoms with Crippen LogP contribution < -0.4 is 0 Å². The average molecular weight is 282 g/mol. The van der Waals surface area contributed by atoms with Gasteiger partial charge >= 0.3 is 0 Å². The molecule has 2 heterocycles. The van der Waals surface area contributed by atoms with E-state index in [9.17, 15) is 4.79 Å². The summed E-state index contributed by atoms with van der Waals surface area (Å²) in [5, 5.41) is 6.89. The van der Waals surface area contributed by atoms with Gasteiger partial charge < -0.3 is 10.0 Å². The summed E-state index contributed by atoms with van der Waals surface area (Å²) in [6.07, 6.45) is 5.18. The lowest BCUT2D eigenvalue weighted by Gasteiger charge is -2.03. The van der Waals surface area contributed by atoms with E-state index < -0.39 is 0 Å². The largest absolute Gasteiger partial charge is 0.483 e. The van der Waals surface area contributed by atoms with E-state index in [4.69, 9.17) is 9.90 Å². The van der Waals surface area contributed by atoms with Crippen molar-refractivity contribution in [2.75, 3.05) is 13.1 Å². The number of carbonyl (C=O) groups excluding carboxylic acids is 1. The van der Waals surface area contributed by atoms with E-state index >= 15 is 0 Å². The Kier molecular flexibility index (Phi) is 15.5. The molecule has 0 unspecified atom stereocenters. The van der Waals surface area contributed by atoms with E-state index in [1.807, 2.05) is 40.0 Å². The molecule has 1 fully saturated rings. The molecule has 0 atom stereocenters. The van der Waals surface area contributed by atoms with Crippen molar-refractivity contribution in [2.24, 2.45) is 0 Å². The highest BCUT2D eigenvalue weighted by Crippen LogP contribution is 2.02. The molecule has 2 rings (SSSR count). The Bertz CT molecular complexity index is 312. The second-order valence-electron chi connectivity index (χ2n) is 3.93. The second kappa shape index (κ2) is 15.1. The maximum absolute atomic E-state index is 9.93. The van der Waals surface area contributed by atoms with Gasteiger partial charge in [-0.3, -0.25) is 14.6 Å². The van der Waals surface area contributed by atoms with Crippen molar-refractivity contribution in [3.63, 3.8) is 0 Å². The zero-order valence-corrected chi connectivity index (χ0v) is 12.9. The first-order valence-corrected chi connectivity index (χ1v) is 6.80. The Morgan fingerprint density at radius 2 is 1.65 bits per heavy atom. The van der Waals surface area contributed by atoms with Crippen LogP contribution in [0.25, 0.3) is 0 Å². The Labute approximate surface area is 121 Å². The molecule has 0 saturated carbocycles. The highest BCUT2D eigenvalue weighted by Gasteiger charge is 2.06. The number of likely N-dealkylation sites (tertiary alicyclic amines) is 1. The molecule has 114 valence electrons. The van der Waals surface area contributed by atoms with Gasteiger partial charge in [-0.25, -0.2) is 0 Å². The Hall–Kier alpha value is -1.91. The van der Waals surface area contributed by atoms with Crippen LogP contribution in [0.15, 0.2) is 18.3 Å². The van der Waals surface area contributed by atoms with Gasteiger partial charge in [-0.05, 0) is 38.3 Å². The number of carbonyl (C=O) groups is 2. The Morgan fingerprint density at radius 1 is 1.15 bits per heavy atom. The lowest BCUT2D eigenvalue weighted by atomic mass is 10.3. The van der Waals surface area contributed by atoms with Crippen molar-refractivity contribution in [3.8, 4) is 0 Å². The standard InChI is InChI=1S/C7H9N.C5H9NO.C2H6.CH2O2/c1-6-3-4-7(2)8-5-6;7-5-6-3-1-2-4-6;1-2;2-1-3/h3-5H,1-2H3;5H,1-4H2;1-2H3;1H,(H,2,3). The molecule has 1 saturated heterocycles. The summed E-state index contributed by atoms with van der Waals surface area (Å²) in [6, 6.07) is 4.07. The number of amides is 1. The normalized spacial score (nSPS) is 11.7. The zero-order valence-electron chi connectivity index (χ0n) is 12.9. The fourth-order valence-corrected chi connectivity index (χ4v) is 1.39. The quantitative estimate of drug-likeness (QED) is 0.804. The van der Waals surface area contributed by atoms with Gasteiger partial charge in [0.1, 0.15) is 0 Å². The van der Waals surface area contributed by atoms with Crippen LogP contribution in [0.3, 0.4) is 0 Å². The molecule has 0 radical (unpaired) electrons. The predicted octanol–water partition coefficient (Wildman–Crippen LogP) is 2.66. The van der Waals surface area contributed by atoms with Crippen molar-refractivity contribution in [3.05, 3.63) is 29.6 Å². The average Bonchev–Trinajstić information content (AvgIpc) is 2.99. The number of nitrogens with zero attached hydrogens (tertiary/aromatic N) is 2. The fourth-order valence-electron chi connectivity index (χ4n) is 1.39. The van der Waals surface area contributed by atoms with Crippen molar-refractivity contribution >= 4 is 12.9 Å². The molecule has 1 aliphatic rings. The molecule has 1 aromatic heterocycles. The Morgan fingerprint density at radius 3 is 1.90 bits per heavy atom. The monoisotopic (exact) mass is 282 g/mol. The number of pyridine rings is 1. The van der Waals surface area contributed by atoms with Crippen LogP contribution in [0, 0.1) is 13.8 Å². The highest BCUT2D eigenvalue weighted by molar-refractivity contribution is 5.47. The van der Waals surface area contributed by atoms with Crippen LogP contribution in [-0.2, 0) is 9.59 Å². The molecule has 20 heavy (non-hydrogen) atoms. The van der Waals surface area contributed by atoms with Crippen LogP contribution >= 0.6 is 0 Å². The molecular weight excluding hydrogens is 256 g/mol. The summed E-state index contributed by atoms with van der Waals surface area (Å²) in [4.78, 5) is 24.2. The first kappa shape index (κ1) is 20.4. The maximum Gasteiger partial charge on any atom is 0.290 e. The molecule has 5 heteroatoms. The van der Waals surface area contributed by atoms with Crippen molar-refractivity contribution < 1.29 is 14.7 Å². The van der Waals surface area contributed by atoms with Crippen LogP contribution in [0.5, 0.6) is 0 Å². The molecule has 5 nitrogen and oxygen atoms in total. The molecule has 0 bridgehead atoms. The summed E-state index contributed by atoms with van der Waals surface area (Å²) >= 11 is 0. The molecule has 1 amide bonds. The minimum Gasteiger partial charge on any atom is -0.483 e. The summed E-state index contributed by atoms with van der Waals surface area (Å²) in [5.74, 6) is 0. The SMILES string of the molecule is CC.Cc1ccc(C)nc1.O=CN1CCCC1.O=CO. The minimum atomic E-state index is -0.250. The summed E-state index contributed by atoms with van der Waals surface area (Å²) in [7, 11) is 0. The highest BCUT2D eigenvalue weighted by atomic mass is 16.3. The third-order valence-electron chi connectivity index (χ3n) is 2.35. The first-order valence-electron chi connectivity index (χ1n) is 6.80. The Balaban J connectivity index is 0. The first-order chi connectivity index (χ1) is 9.63. The van der Waals surface area contributed by atoms with Gasteiger partial charge in [-0.2, -0.15) is 0 Å².